The lowest BCUT2D eigenvalue weighted by Gasteiger charge is -2.25. The van der Waals surface area contributed by atoms with E-state index in [0.717, 1.165) is 24.1 Å². The molecule has 1 amide bonds. The van der Waals surface area contributed by atoms with Crippen LogP contribution in [0, 0.1) is 6.92 Å². The minimum Gasteiger partial charge on any atom is -0.331 e. The summed E-state index contributed by atoms with van der Waals surface area (Å²) in [5, 5.41) is 4.91. The van der Waals surface area contributed by atoms with Gasteiger partial charge in [-0.05, 0) is 25.8 Å². The number of halogens is 1. The molecule has 1 aliphatic heterocycles. The number of aromatic nitrogens is 3. The van der Waals surface area contributed by atoms with E-state index in [2.05, 4.69) is 10.1 Å². The van der Waals surface area contributed by atoms with Gasteiger partial charge in [-0.3, -0.25) is 14.3 Å². The van der Waals surface area contributed by atoms with Gasteiger partial charge in [0.15, 0.2) is 0 Å². The van der Waals surface area contributed by atoms with Gasteiger partial charge in [-0.2, -0.15) is 5.10 Å². The maximum absolute atomic E-state index is 12.7. The zero-order chi connectivity index (χ0) is 15.9. The Balaban J connectivity index is 1.94. The zero-order valence-corrected chi connectivity index (χ0v) is 13.2. The molecule has 0 radical (unpaired) electrons. The lowest BCUT2D eigenvalue weighted by atomic mass is 10.1. The maximum Gasteiger partial charge on any atom is 0.255 e. The number of H-pyrrole nitrogens is 1. The lowest BCUT2D eigenvalue weighted by Crippen LogP contribution is -2.31. The summed E-state index contributed by atoms with van der Waals surface area (Å²) in [6.07, 6.45) is 3.24. The Morgan fingerprint density at radius 3 is 2.82 bits per heavy atom. The normalized spacial score (nSPS) is 18.0. The molecule has 116 valence electrons. The number of hydrogen-bond donors (Lipinski definition) is 1. The van der Waals surface area contributed by atoms with E-state index < -0.39 is 0 Å². The van der Waals surface area contributed by atoms with Crippen molar-refractivity contribution in [1.82, 2.24) is 19.7 Å². The fraction of sp³-hybridized carbons (Fsp3) is 0.400. The fourth-order valence-electron chi connectivity index (χ4n) is 3.04. The average molecular weight is 321 g/mol. The molecule has 0 aliphatic carbocycles. The van der Waals surface area contributed by atoms with Gasteiger partial charge in [0.1, 0.15) is 5.15 Å². The predicted molar refractivity (Wildman–Crippen MR) is 83.0 cm³/mol. The number of nitrogens with one attached hydrogen (secondary N) is 1. The minimum absolute atomic E-state index is 0.0689. The van der Waals surface area contributed by atoms with Gasteiger partial charge >= 0.3 is 0 Å². The van der Waals surface area contributed by atoms with E-state index >= 15 is 0 Å². The van der Waals surface area contributed by atoms with Gasteiger partial charge in [0.2, 0.25) is 5.56 Å². The first-order valence-corrected chi connectivity index (χ1v) is 7.55. The number of pyridine rings is 1. The van der Waals surface area contributed by atoms with E-state index in [4.69, 9.17) is 11.6 Å². The van der Waals surface area contributed by atoms with Crippen LogP contribution in [0.2, 0.25) is 5.15 Å². The molecule has 6 nitrogen and oxygen atoms in total. The monoisotopic (exact) mass is 320 g/mol. The number of hydrogen-bond acceptors (Lipinski definition) is 3. The first-order valence-electron chi connectivity index (χ1n) is 7.17. The third kappa shape index (κ3) is 2.43. The molecule has 1 saturated heterocycles. The van der Waals surface area contributed by atoms with E-state index in [0.29, 0.717) is 17.3 Å². The summed E-state index contributed by atoms with van der Waals surface area (Å²) in [4.78, 5) is 28.2. The predicted octanol–water partition coefficient (Wildman–Crippen LogP) is 2.05. The van der Waals surface area contributed by atoms with Crippen molar-refractivity contribution in [2.45, 2.75) is 25.8 Å². The van der Waals surface area contributed by atoms with Crippen LogP contribution in [0.5, 0.6) is 0 Å². The second kappa shape index (κ2) is 5.61. The highest BCUT2D eigenvalue weighted by Crippen LogP contribution is 2.38. The van der Waals surface area contributed by atoms with Gasteiger partial charge in [-0.1, -0.05) is 11.6 Å². The van der Waals surface area contributed by atoms with Crippen LogP contribution >= 0.6 is 11.6 Å². The van der Waals surface area contributed by atoms with Crippen molar-refractivity contribution in [1.29, 1.82) is 0 Å². The number of rotatable bonds is 2. The molecule has 1 N–H and O–H groups in total. The lowest BCUT2D eigenvalue weighted by molar-refractivity contribution is 0.0735. The quantitative estimate of drug-likeness (QED) is 0.920. The Morgan fingerprint density at radius 1 is 1.45 bits per heavy atom. The topological polar surface area (TPSA) is 71.0 Å². The Kier molecular flexibility index (Phi) is 3.78. The maximum atomic E-state index is 12.7. The number of aryl methyl sites for hydroxylation is 2. The summed E-state index contributed by atoms with van der Waals surface area (Å²) < 4.78 is 1.63. The van der Waals surface area contributed by atoms with E-state index in [1.807, 2.05) is 11.8 Å². The first-order chi connectivity index (χ1) is 10.5. The second-order valence-corrected chi connectivity index (χ2v) is 5.87. The standard InChI is InChI=1S/C15H17ClN4O2/c1-9-13(14(16)19(2)18-9)11-4-3-7-20(11)15(22)10-5-6-12(21)17-8-10/h5-6,8,11H,3-4,7H2,1-2H3,(H,17,21)/t11-/m0/s1. The van der Waals surface area contributed by atoms with Crippen LogP contribution in [0.15, 0.2) is 23.1 Å². The molecule has 0 aromatic carbocycles. The van der Waals surface area contributed by atoms with Crippen molar-refractivity contribution in [3.05, 3.63) is 50.7 Å². The summed E-state index contributed by atoms with van der Waals surface area (Å²) in [5.74, 6) is -0.0990. The van der Waals surface area contributed by atoms with Crippen molar-refractivity contribution in [3.8, 4) is 0 Å². The Morgan fingerprint density at radius 2 is 2.23 bits per heavy atom. The van der Waals surface area contributed by atoms with Crippen LogP contribution in [-0.4, -0.2) is 32.1 Å². The Bertz CT molecular complexity index is 760. The van der Waals surface area contributed by atoms with Crippen molar-refractivity contribution < 1.29 is 4.79 Å². The van der Waals surface area contributed by atoms with Gasteiger partial charge in [0, 0.05) is 31.4 Å². The van der Waals surface area contributed by atoms with Crippen LogP contribution in [-0.2, 0) is 7.05 Å². The SMILES string of the molecule is Cc1nn(C)c(Cl)c1[C@@H]1CCCN1C(=O)c1ccc(=O)[nH]c1. The van der Waals surface area contributed by atoms with Crippen LogP contribution in [0.25, 0.3) is 0 Å². The van der Waals surface area contributed by atoms with Crippen LogP contribution in [0.1, 0.15) is 40.5 Å². The number of carbonyl (C=O) groups is 1. The van der Waals surface area contributed by atoms with Gasteiger partial charge < -0.3 is 9.88 Å². The van der Waals surface area contributed by atoms with Gasteiger partial charge in [-0.25, -0.2) is 0 Å². The highest BCUT2D eigenvalue weighted by Gasteiger charge is 2.34. The number of nitrogens with zero attached hydrogens (tertiary/aromatic N) is 3. The highest BCUT2D eigenvalue weighted by atomic mass is 35.5. The third-order valence-electron chi connectivity index (χ3n) is 4.07. The molecule has 3 rings (SSSR count). The summed E-state index contributed by atoms with van der Waals surface area (Å²) in [6.45, 7) is 2.58. The molecular formula is C15H17ClN4O2. The van der Waals surface area contributed by atoms with E-state index in [-0.39, 0.29) is 17.5 Å². The average Bonchev–Trinajstić information content (AvgIpc) is 3.04. The molecule has 2 aromatic rings. The summed E-state index contributed by atoms with van der Waals surface area (Å²) in [6, 6.07) is 2.84. The summed E-state index contributed by atoms with van der Waals surface area (Å²) in [7, 11) is 1.79. The molecule has 2 aromatic heterocycles. The van der Waals surface area contributed by atoms with Crippen molar-refractivity contribution in [3.63, 3.8) is 0 Å². The number of carbonyl (C=O) groups excluding carboxylic acids is 1. The zero-order valence-electron chi connectivity index (χ0n) is 12.5. The molecule has 0 saturated carbocycles. The van der Waals surface area contributed by atoms with E-state index in [1.54, 1.807) is 17.8 Å². The van der Waals surface area contributed by atoms with Crippen LogP contribution in [0.4, 0.5) is 0 Å². The second-order valence-electron chi connectivity index (χ2n) is 5.51. The van der Waals surface area contributed by atoms with Gasteiger partial charge in [0.05, 0.1) is 17.3 Å². The van der Waals surface area contributed by atoms with Crippen molar-refractivity contribution >= 4 is 17.5 Å². The molecular weight excluding hydrogens is 304 g/mol. The molecule has 3 heterocycles. The van der Waals surface area contributed by atoms with Crippen LogP contribution < -0.4 is 5.56 Å². The molecule has 1 fully saturated rings. The van der Waals surface area contributed by atoms with Crippen LogP contribution in [0.3, 0.4) is 0 Å². The molecule has 0 spiro atoms. The largest absolute Gasteiger partial charge is 0.331 e. The van der Waals surface area contributed by atoms with Crippen molar-refractivity contribution in [2.75, 3.05) is 6.54 Å². The summed E-state index contributed by atoms with van der Waals surface area (Å²) >= 11 is 6.35. The van der Waals surface area contributed by atoms with E-state index in [9.17, 15) is 9.59 Å². The minimum atomic E-state index is -0.222. The molecule has 22 heavy (non-hydrogen) atoms. The molecule has 1 atom stereocenters. The highest BCUT2D eigenvalue weighted by molar-refractivity contribution is 6.30. The molecule has 7 heteroatoms. The van der Waals surface area contributed by atoms with Gasteiger partial charge in [0.25, 0.3) is 5.91 Å². The van der Waals surface area contributed by atoms with Gasteiger partial charge in [-0.15, -0.1) is 0 Å². The molecule has 0 bridgehead atoms. The summed E-state index contributed by atoms with van der Waals surface area (Å²) in [5.41, 5.74) is 2.02. The molecule has 1 aliphatic rings. The Hall–Kier alpha value is -2.08. The van der Waals surface area contributed by atoms with E-state index in [1.165, 1.54) is 12.3 Å². The number of likely N-dealkylation sites (tertiary alicyclic amines) is 1. The smallest absolute Gasteiger partial charge is 0.255 e. The molecule has 0 unspecified atom stereocenters. The first kappa shape index (κ1) is 14.8. The Labute approximate surface area is 132 Å². The number of aromatic amines is 1. The third-order valence-corrected chi connectivity index (χ3v) is 4.52. The van der Waals surface area contributed by atoms with Crippen molar-refractivity contribution in [2.24, 2.45) is 7.05 Å². The fourth-order valence-corrected chi connectivity index (χ4v) is 3.34. The number of amides is 1.